The number of hydrogen-bond acceptors (Lipinski definition) is 5. The number of aliphatic hydroxyl groups is 2. The van der Waals surface area contributed by atoms with Crippen LogP contribution in [0.2, 0.25) is 0 Å². The van der Waals surface area contributed by atoms with Crippen LogP contribution >= 0.6 is 0 Å². The molecule has 0 fully saturated rings. The second-order valence-corrected chi connectivity index (χ2v) is 22.8. The van der Waals surface area contributed by atoms with Crippen molar-refractivity contribution in [1.82, 2.24) is 5.32 Å². The van der Waals surface area contributed by atoms with Gasteiger partial charge in [-0.05, 0) is 77.0 Å². The number of allylic oxidation sites excluding steroid dienone is 4. The Hall–Kier alpha value is -1.66. The smallest absolute Gasteiger partial charge is 0.305 e. The minimum Gasteiger partial charge on any atom is -0.466 e. The van der Waals surface area contributed by atoms with E-state index in [4.69, 9.17) is 4.74 Å². The Morgan fingerprint density at radius 2 is 0.644 bits per heavy atom. The van der Waals surface area contributed by atoms with Crippen molar-refractivity contribution < 1.29 is 24.5 Å². The van der Waals surface area contributed by atoms with Crippen molar-refractivity contribution in [2.45, 2.75) is 379 Å². The van der Waals surface area contributed by atoms with Crippen LogP contribution in [0.3, 0.4) is 0 Å². The Labute approximate surface area is 456 Å². The van der Waals surface area contributed by atoms with Gasteiger partial charge in [0.1, 0.15) is 0 Å². The van der Waals surface area contributed by atoms with Crippen LogP contribution in [0.5, 0.6) is 0 Å². The second kappa shape index (κ2) is 62.9. The fourth-order valence-electron chi connectivity index (χ4n) is 10.4. The summed E-state index contributed by atoms with van der Waals surface area (Å²) in [5.74, 6) is -0.0237. The van der Waals surface area contributed by atoms with Crippen LogP contribution in [0.4, 0.5) is 0 Å². The first-order valence-electron chi connectivity index (χ1n) is 33.1. The molecule has 0 heterocycles. The summed E-state index contributed by atoms with van der Waals surface area (Å²) < 4.78 is 5.48. The van der Waals surface area contributed by atoms with Gasteiger partial charge in [0, 0.05) is 12.8 Å². The maximum absolute atomic E-state index is 12.5. The highest BCUT2D eigenvalue weighted by Gasteiger charge is 2.20. The number of hydrogen-bond donors (Lipinski definition) is 3. The van der Waals surface area contributed by atoms with Crippen LogP contribution < -0.4 is 5.32 Å². The molecule has 6 nitrogen and oxygen atoms in total. The monoisotopic (exact) mass is 1030 g/mol. The maximum atomic E-state index is 12.5. The fraction of sp³-hybridized carbons (Fsp3) is 0.910. The zero-order valence-corrected chi connectivity index (χ0v) is 49.4. The molecule has 3 N–H and O–H groups in total. The van der Waals surface area contributed by atoms with Gasteiger partial charge in [0.15, 0.2) is 0 Å². The summed E-state index contributed by atoms with van der Waals surface area (Å²) in [6.45, 7) is 4.95. The molecule has 0 aliphatic carbocycles. The van der Waals surface area contributed by atoms with Gasteiger partial charge >= 0.3 is 5.97 Å². The number of rotatable bonds is 62. The fourth-order valence-corrected chi connectivity index (χ4v) is 10.4. The summed E-state index contributed by atoms with van der Waals surface area (Å²) in [5, 5.41) is 23.3. The molecule has 73 heavy (non-hydrogen) atoms. The average molecular weight is 1030 g/mol. The number of nitrogens with one attached hydrogen (secondary N) is 1. The zero-order chi connectivity index (χ0) is 52.9. The summed E-state index contributed by atoms with van der Waals surface area (Å²) in [5.41, 5.74) is 0. The van der Waals surface area contributed by atoms with E-state index in [-0.39, 0.29) is 18.5 Å². The normalized spacial score (nSPS) is 12.7. The standard InChI is InChI=1S/C67H129NO5/c1-3-5-7-9-11-13-15-35-39-43-47-51-55-59-65(70)64(63-69)68-66(71)60-56-52-48-44-40-37-33-31-29-27-25-23-21-19-17-18-20-22-24-26-28-30-32-34-38-42-46-50-54-58-62-73-67(72)61-57-53-49-45-41-36-16-14-12-10-8-6-4-2/h14,16,18,20,64-65,69-70H,3-13,15,17,19,21-63H2,1-2H3,(H,68,71)/b16-14-,20-18-. The molecule has 0 saturated heterocycles. The third-order valence-corrected chi connectivity index (χ3v) is 15.5. The Balaban J connectivity index is 3.35. The van der Waals surface area contributed by atoms with Crippen LogP contribution in [0.15, 0.2) is 24.3 Å². The average Bonchev–Trinajstić information content (AvgIpc) is 3.39. The summed E-state index contributed by atoms with van der Waals surface area (Å²) >= 11 is 0. The Morgan fingerprint density at radius 1 is 0.370 bits per heavy atom. The van der Waals surface area contributed by atoms with Crippen LogP contribution in [0.25, 0.3) is 0 Å². The molecule has 2 atom stereocenters. The molecule has 0 spiro atoms. The highest BCUT2D eigenvalue weighted by molar-refractivity contribution is 5.76. The molecule has 0 radical (unpaired) electrons. The molecule has 0 aliphatic heterocycles. The van der Waals surface area contributed by atoms with Gasteiger partial charge in [0.2, 0.25) is 5.91 Å². The highest BCUT2D eigenvalue weighted by atomic mass is 16.5. The molecule has 1 amide bonds. The molecular weight excluding hydrogens is 899 g/mol. The second-order valence-electron chi connectivity index (χ2n) is 22.8. The van der Waals surface area contributed by atoms with Gasteiger partial charge < -0.3 is 20.3 Å². The van der Waals surface area contributed by atoms with Crippen LogP contribution in [0.1, 0.15) is 367 Å². The van der Waals surface area contributed by atoms with E-state index in [0.717, 1.165) is 44.9 Å². The molecule has 0 aromatic rings. The first-order chi connectivity index (χ1) is 36.0. The predicted molar refractivity (Wildman–Crippen MR) is 320 cm³/mol. The number of unbranched alkanes of at least 4 members (excludes halogenated alkanes) is 47. The van der Waals surface area contributed by atoms with Crippen LogP contribution in [0, 0.1) is 0 Å². The van der Waals surface area contributed by atoms with E-state index in [9.17, 15) is 19.8 Å². The van der Waals surface area contributed by atoms with Crippen LogP contribution in [-0.2, 0) is 14.3 Å². The van der Waals surface area contributed by atoms with Gasteiger partial charge in [-0.3, -0.25) is 9.59 Å². The topological polar surface area (TPSA) is 95.9 Å². The lowest BCUT2D eigenvalue weighted by Crippen LogP contribution is -2.45. The molecule has 6 heteroatoms. The van der Waals surface area contributed by atoms with Gasteiger partial charge in [-0.2, -0.15) is 0 Å². The van der Waals surface area contributed by atoms with Crippen LogP contribution in [-0.4, -0.2) is 47.4 Å². The van der Waals surface area contributed by atoms with Gasteiger partial charge in [0.05, 0.1) is 25.4 Å². The summed E-state index contributed by atoms with van der Waals surface area (Å²) in [6, 6.07) is -0.539. The quantitative estimate of drug-likeness (QED) is 0.0320. The summed E-state index contributed by atoms with van der Waals surface area (Å²) in [7, 11) is 0. The SMILES string of the molecule is CCCCCC/C=C\CCCCCCCC(=O)OCCCCCCCCCCCCCC/C=C\CCCCCCCCCCCCCCCCC(=O)NC(CO)C(O)CCCCCCCCCCCCCCC. The number of ether oxygens (including phenoxy) is 1. The van der Waals surface area contributed by atoms with E-state index in [2.05, 4.69) is 43.5 Å². The molecule has 0 aromatic carbocycles. The van der Waals surface area contributed by atoms with Crippen molar-refractivity contribution in [2.24, 2.45) is 0 Å². The molecule has 2 unspecified atom stereocenters. The van der Waals surface area contributed by atoms with Crippen molar-refractivity contribution in [3.8, 4) is 0 Å². The molecule has 0 aromatic heterocycles. The van der Waals surface area contributed by atoms with Gasteiger partial charge in [0.25, 0.3) is 0 Å². The minimum atomic E-state index is -0.662. The van der Waals surface area contributed by atoms with E-state index >= 15 is 0 Å². The van der Waals surface area contributed by atoms with Gasteiger partial charge in [-0.1, -0.05) is 301 Å². The number of esters is 1. The van der Waals surface area contributed by atoms with Gasteiger partial charge in [-0.15, -0.1) is 0 Å². The van der Waals surface area contributed by atoms with E-state index in [1.54, 1.807) is 0 Å². The summed E-state index contributed by atoms with van der Waals surface area (Å²) in [6.07, 6.45) is 77.9. The molecule has 0 rings (SSSR count). The summed E-state index contributed by atoms with van der Waals surface area (Å²) in [4.78, 5) is 24.5. The Kier molecular flexibility index (Phi) is 61.4. The van der Waals surface area contributed by atoms with E-state index < -0.39 is 12.1 Å². The largest absolute Gasteiger partial charge is 0.466 e. The number of carbonyl (C=O) groups is 2. The maximum Gasteiger partial charge on any atom is 0.305 e. The van der Waals surface area contributed by atoms with Crippen molar-refractivity contribution >= 4 is 11.9 Å². The lowest BCUT2D eigenvalue weighted by Gasteiger charge is -2.22. The van der Waals surface area contributed by atoms with Gasteiger partial charge in [-0.25, -0.2) is 0 Å². The number of aliphatic hydroxyl groups excluding tert-OH is 2. The Bertz CT molecular complexity index is 1140. The Morgan fingerprint density at radius 3 is 0.986 bits per heavy atom. The van der Waals surface area contributed by atoms with Crippen molar-refractivity contribution in [3.63, 3.8) is 0 Å². The first-order valence-corrected chi connectivity index (χ1v) is 33.1. The zero-order valence-electron chi connectivity index (χ0n) is 49.4. The van der Waals surface area contributed by atoms with Crippen molar-refractivity contribution in [3.05, 3.63) is 24.3 Å². The third kappa shape index (κ3) is 59.4. The van der Waals surface area contributed by atoms with E-state index in [1.807, 2.05) is 0 Å². The molecule has 0 saturated carbocycles. The number of carbonyl (C=O) groups excluding carboxylic acids is 2. The highest BCUT2D eigenvalue weighted by Crippen LogP contribution is 2.18. The lowest BCUT2D eigenvalue weighted by atomic mass is 10.0. The first kappa shape index (κ1) is 71.3. The molecule has 432 valence electrons. The number of amides is 1. The van der Waals surface area contributed by atoms with E-state index in [0.29, 0.717) is 25.9 Å². The molecule has 0 aliphatic rings. The minimum absolute atomic E-state index is 0.00815. The predicted octanol–water partition coefficient (Wildman–Crippen LogP) is 21.0. The third-order valence-electron chi connectivity index (χ3n) is 15.5. The molecule has 0 bridgehead atoms. The van der Waals surface area contributed by atoms with E-state index in [1.165, 1.54) is 289 Å². The van der Waals surface area contributed by atoms with Crippen molar-refractivity contribution in [1.29, 1.82) is 0 Å². The lowest BCUT2D eigenvalue weighted by molar-refractivity contribution is -0.143. The van der Waals surface area contributed by atoms with Crippen molar-refractivity contribution in [2.75, 3.05) is 13.2 Å². The molecular formula is C67H129NO5.